The van der Waals surface area contributed by atoms with Crippen molar-refractivity contribution in [3.63, 3.8) is 0 Å². The van der Waals surface area contributed by atoms with Gasteiger partial charge in [-0.1, -0.05) is 19.8 Å². The number of aryl methyl sites for hydroxylation is 2. The minimum atomic E-state index is -0.865. The van der Waals surface area contributed by atoms with Gasteiger partial charge < -0.3 is 10.4 Å². The van der Waals surface area contributed by atoms with Gasteiger partial charge in [-0.15, -0.1) is 11.3 Å². The summed E-state index contributed by atoms with van der Waals surface area (Å²) >= 11 is 1.58. The fourth-order valence-corrected chi connectivity index (χ4v) is 3.98. The van der Waals surface area contributed by atoms with Crippen molar-refractivity contribution in [1.82, 2.24) is 5.32 Å². The lowest BCUT2D eigenvalue weighted by atomic mass is 10.1. The van der Waals surface area contributed by atoms with Crippen molar-refractivity contribution in [2.75, 3.05) is 0 Å². The Morgan fingerprint density at radius 3 is 2.81 bits per heavy atom. The van der Waals surface area contributed by atoms with Crippen LogP contribution in [-0.4, -0.2) is 23.0 Å². The fraction of sp³-hybridized carbons (Fsp3) is 0.625. The second kappa shape index (κ2) is 7.59. The first-order valence-corrected chi connectivity index (χ1v) is 8.56. The van der Waals surface area contributed by atoms with Gasteiger partial charge in [-0.05, 0) is 43.7 Å². The summed E-state index contributed by atoms with van der Waals surface area (Å²) in [6.45, 7) is 1.99. The van der Waals surface area contributed by atoms with Gasteiger partial charge in [-0.25, -0.2) is 0 Å². The SMILES string of the molecule is CCCC(CC(=O)O)NC(=O)c1cc2c(s1)CCCCC2. The number of hydrogen-bond acceptors (Lipinski definition) is 3. The Kier molecular flexibility index (Phi) is 5.79. The minimum Gasteiger partial charge on any atom is -0.481 e. The van der Waals surface area contributed by atoms with E-state index in [2.05, 4.69) is 5.32 Å². The van der Waals surface area contributed by atoms with E-state index in [1.165, 1.54) is 29.7 Å². The average molecular weight is 309 g/mol. The highest BCUT2D eigenvalue weighted by atomic mass is 32.1. The van der Waals surface area contributed by atoms with Gasteiger partial charge in [0.15, 0.2) is 0 Å². The molecule has 0 fully saturated rings. The van der Waals surface area contributed by atoms with Crippen LogP contribution in [0.1, 0.15) is 65.6 Å². The van der Waals surface area contributed by atoms with Crippen molar-refractivity contribution in [3.05, 3.63) is 21.4 Å². The van der Waals surface area contributed by atoms with E-state index < -0.39 is 5.97 Å². The van der Waals surface area contributed by atoms with Gasteiger partial charge in [0.05, 0.1) is 11.3 Å². The molecular weight excluding hydrogens is 286 g/mol. The van der Waals surface area contributed by atoms with Gasteiger partial charge in [-0.3, -0.25) is 9.59 Å². The lowest BCUT2D eigenvalue weighted by molar-refractivity contribution is -0.137. The van der Waals surface area contributed by atoms with Crippen molar-refractivity contribution in [2.24, 2.45) is 0 Å². The molecule has 0 spiro atoms. The summed E-state index contributed by atoms with van der Waals surface area (Å²) in [5.74, 6) is -0.983. The quantitative estimate of drug-likeness (QED) is 0.792. The van der Waals surface area contributed by atoms with Crippen molar-refractivity contribution < 1.29 is 14.7 Å². The number of carboxylic acid groups (broad SMARTS) is 1. The minimum absolute atomic E-state index is 0.00926. The zero-order valence-corrected chi connectivity index (χ0v) is 13.3. The first-order valence-electron chi connectivity index (χ1n) is 7.74. The molecule has 0 aromatic carbocycles. The Morgan fingerprint density at radius 1 is 1.33 bits per heavy atom. The van der Waals surface area contributed by atoms with Crippen LogP contribution in [-0.2, 0) is 17.6 Å². The summed E-state index contributed by atoms with van der Waals surface area (Å²) < 4.78 is 0. The lowest BCUT2D eigenvalue weighted by Gasteiger charge is -2.15. The Labute approximate surface area is 129 Å². The molecule has 1 atom stereocenters. The van der Waals surface area contributed by atoms with Crippen LogP contribution in [0.5, 0.6) is 0 Å². The molecule has 1 amide bonds. The van der Waals surface area contributed by atoms with E-state index in [4.69, 9.17) is 5.11 Å². The standard InChI is InChI=1S/C16H23NO3S/c1-2-6-12(10-15(18)19)17-16(20)14-9-11-7-4-3-5-8-13(11)21-14/h9,12H,2-8,10H2,1H3,(H,17,20)(H,18,19). The Bertz CT molecular complexity index is 486. The maximum Gasteiger partial charge on any atom is 0.305 e. The van der Waals surface area contributed by atoms with Gasteiger partial charge in [0.1, 0.15) is 0 Å². The predicted octanol–water partition coefficient (Wildman–Crippen LogP) is 3.39. The molecule has 4 nitrogen and oxygen atoms in total. The zero-order chi connectivity index (χ0) is 15.2. The molecule has 0 saturated heterocycles. The fourth-order valence-electron chi connectivity index (χ4n) is 2.82. The van der Waals surface area contributed by atoms with Gasteiger partial charge in [0.2, 0.25) is 0 Å². The molecule has 1 heterocycles. The topological polar surface area (TPSA) is 66.4 Å². The molecule has 2 N–H and O–H groups in total. The van der Waals surface area contributed by atoms with Crippen LogP contribution in [0.15, 0.2) is 6.07 Å². The van der Waals surface area contributed by atoms with Gasteiger partial charge in [0.25, 0.3) is 5.91 Å². The van der Waals surface area contributed by atoms with E-state index in [0.717, 1.165) is 24.1 Å². The molecular formula is C16H23NO3S. The second-order valence-electron chi connectivity index (χ2n) is 5.68. The molecule has 1 aromatic heterocycles. The third-order valence-electron chi connectivity index (χ3n) is 3.86. The van der Waals surface area contributed by atoms with E-state index >= 15 is 0 Å². The third kappa shape index (κ3) is 4.56. The summed E-state index contributed by atoms with van der Waals surface area (Å²) in [7, 11) is 0. The Balaban J connectivity index is 2.03. The largest absolute Gasteiger partial charge is 0.481 e. The van der Waals surface area contributed by atoms with E-state index in [9.17, 15) is 9.59 Å². The van der Waals surface area contributed by atoms with Crippen LogP contribution >= 0.6 is 11.3 Å². The molecule has 5 heteroatoms. The lowest BCUT2D eigenvalue weighted by Crippen LogP contribution is -2.36. The van der Waals surface area contributed by atoms with E-state index in [0.29, 0.717) is 6.42 Å². The number of nitrogens with one attached hydrogen (secondary N) is 1. The molecule has 21 heavy (non-hydrogen) atoms. The highest BCUT2D eigenvalue weighted by molar-refractivity contribution is 7.14. The summed E-state index contributed by atoms with van der Waals surface area (Å²) in [4.78, 5) is 25.2. The normalized spacial score (nSPS) is 15.9. The number of fused-ring (bicyclic) bond motifs is 1. The Hall–Kier alpha value is -1.36. The summed E-state index contributed by atoms with van der Waals surface area (Å²) in [5, 5.41) is 11.8. The molecule has 0 bridgehead atoms. The maximum absolute atomic E-state index is 12.3. The van der Waals surface area contributed by atoms with Crippen LogP contribution < -0.4 is 5.32 Å². The van der Waals surface area contributed by atoms with Crippen LogP contribution in [0.2, 0.25) is 0 Å². The number of amides is 1. The Morgan fingerprint density at radius 2 is 2.10 bits per heavy atom. The van der Waals surface area contributed by atoms with Crippen molar-refractivity contribution in [1.29, 1.82) is 0 Å². The molecule has 1 aromatic rings. The van der Waals surface area contributed by atoms with Gasteiger partial charge in [0, 0.05) is 10.9 Å². The average Bonchev–Trinajstić information content (AvgIpc) is 2.70. The number of rotatable bonds is 6. The monoisotopic (exact) mass is 309 g/mol. The molecule has 1 unspecified atom stereocenters. The first kappa shape index (κ1) is 16.0. The summed E-state index contributed by atoms with van der Waals surface area (Å²) in [5.41, 5.74) is 1.31. The van der Waals surface area contributed by atoms with Crippen LogP contribution in [0, 0.1) is 0 Å². The van der Waals surface area contributed by atoms with Crippen molar-refractivity contribution in [2.45, 2.75) is 64.3 Å². The van der Waals surface area contributed by atoms with Crippen LogP contribution in [0.3, 0.4) is 0 Å². The molecule has 0 aliphatic heterocycles. The number of hydrogen-bond donors (Lipinski definition) is 2. The molecule has 2 rings (SSSR count). The van der Waals surface area contributed by atoms with Crippen LogP contribution in [0.4, 0.5) is 0 Å². The van der Waals surface area contributed by atoms with Crippen molar-refractivity contribution in [3.8, 4) is 0 Å². The predicted molar refractivity (Wildman–Crippen MR) is 84.0 cm³/mol. The number of carboxylic acids is 1. The van der Waals surface area contributed by atoms with Crippen molar-refractivity contribution >= 4 is 23.2 Å². The number of carbonyl (C=O) groups is 2. The molecule has 116 valence electrons. The highest BCUT2D eigenvalue weighted by Crippen LogP contribution is 2.29. The zero-order valence-electron chi connectivity index (χ0n) is 12.5. The van der Waals surface area contributed by atoms with E-state index in [1.54, 1.807) is 11.3 Å². The molecule has 1 aliphatic rings. The smallest absolute Gasteiger partial charge is 0.305 e. The van der Waals surface area contributed by atoms with E-state index in [-0.39, 0.29) is 18.4 Å². The maximum atomic E-state index is 12.3. The van der Waals surface area contributed by atoms with Gasteiger partial charge in [-0.2, -0.15) is 0 Å². The summed E-state index contributed by atoms with van der Waals surface area (Å²) in [6, 6.07) is 1.73. The van der Waals surface area contributed by atoms with Gasteiger partial charge >= 0.3 is 5.97 Å². The molecule has 1 aliphatic carbocycles. The highest BCUT2D eigenvalue weighted by Gasteiger charge is 2.20. The number of carbonyl (C=O) groups excluding carboxylic acids is 1. The first-order chi connectivity index (χ1) is 10.1. The second-order valence-corrected chi connectivity index (χ2v) is 6.81. The molecule has 0 saturated carbocycles. The van der Waals surface area contributed by atoms with Crippen LogP contribution in [0.25, 0.3) is 0 Å². The third-order valence-corrected chi connectivity index (χ3v) is 5.10. The number of thiophene rings is 1. The number of aliphatic carboxylic acids is 1. The van der Waals surface area contributed by atoms with E-state index in [1.807, 2.05) is 13.0 Å². The summed E-state index contributed by atoms with van der Waals surface area (Å²) in [6.07, 6.45) is 7.34. The molecule has 0 radical (unpaired) electrons.